The Hall–Kier alpha value is -3.59. The first-order chi connectivity index (χ1) is 15.6. The molecule has 4 rings (SSSR count). The van der Waals surface area contributed by atoms with Gasteiger partial charge in [0.1, 0.15) is 34.2 Å². The van der Waals surface area contributed by atoms with Crippen molar-refractivity contribution < 1.29 is 19.0 Å². The van der Waals surface area contributed by atoms with Gasteiger partial charge >= 0.3 is 0 Å². The first-order valence-corrected chi connectivity index (χ1v) is 10.7. The van der Waals surface area contributed by atoms with E-state index in [1.54, 1.807) is 26.2 Å². The molecule has 0 aliphatic carbocycles. The van der Waals surface area contributed by atoms with E-state index in [0.29, 0.717) is 28.4 Å². The predicted octanol–water partition coefficient (Wildman–Crippen LogP) is 4.55. The summed E-state index contributed by atoms with van der Waals surface area (Å²) in [7, 11) is 0. The summed E-state index contributed by atoms with van der Waals surface area (Å²) in [5, 5.41) is 9.42. The number of halogens is 2. The lowest BCUT2D eigenvalue weighted by molar-refractivity contribution is 0.0949. The van der Waals surface area contributed by atoms with Crippen LogP contribution in [0.15, 0.2) is 36.9 Å². The number of aromatic nitrogens is 4. The van der Waals surface area contributed by atoms with Crippen LogP contribution in [-0.4, -0.2) is 36.1 Å². The van der Waals surface area contributed by atoms with Gasteiger partial charge in [0.25, 0.3) is 5.91 Å². The summed E-state index contributed by atoms with van der Waals surface area (Å²) in [4.78, 5) is 22.0. The van der Waals surface area contributed by atoms with Crippen LogP contribution < -0.4 is 10.5 Å². The van der Waals surface area contributed by atoms with Crippen molar-refractivity contribution >= 4 is 28.8 Å². The first-order valence-electron chi connectivity index (χ1n) is 10.3. The molecule has 0 saturated heterocycles. The van der Waals surface area contributed by atoms with Crippen molar-refractivity contribution in [3.63, 3.8) is 0 Å². The molecule has 1 atom stereocenters. The fraction of sp³-hybridized carbons (Fsp3) is 0.261. The second-order valence-electron chi connectivity index (χ2n) is 8.02. The Labute approximate surface area is 194 Å². The second-order valence-corrected chi connectivity index (χ2v) is 8.43. The van der Waals surface area contributed by atoms with Gasteiger partial charge in [-0.3, -0.25) is 13.8 Å². The molecule has 0 saturated carbocycles. The highest BCUT2D eigenvalue weighted by Crippen LogP contribution is 2.40. The number of nitrogens with zero attached hydrogens (tertiary/aromatic N) is 4. The van der Waals surface area contributed by atoms with E-state index in [9.17, 15) is 9.90 Å². The van der Waals surface area contributed by atoms with Crippen LogP contribution in [0, 0.1) is 12.7 Å². The first kappa shape index (κ1) is 22.6. The van der Waals surface area contributed by atoms with Gasteiger partial charge in [-0.25, -0.2) is 14.4 Å². The standard InChI is InChI=1S/C23H23ClFN5O3/c1-11(2)33-20-15(12(3)22-28-13(4)19-21(26)27-6-8-30(19)22)9-16(24)18(25)17(20)23(32)29-7-5-14(31)10-29/h5-12,31H,1-4H3,(H2,26,27). The summed E-state index contributed by atoms with van der Waals surface area (Å²) < 4.78 is 24.1. The van der Waals surface area contributed by atoms with Crippen molar-refractivity contribution in [2.45, 2.75) is 39.7 Å². The maximum Gasteiger partial charge on any atom is 0.268 e. The second kappa shape index (κ2) is 8.40. The lowest BCUT2D eigenvalue weighted by Gasteiger charge is -2.22. The molecule has 3 aromatic heterocycles. The molecule has 10 heteroatoms. The Balaban J connectivity index is 1.96. The van der Waals surface area contributed by atoms with Crippen molar-refractivity contribution in [2.75, 3.05) is 5.73 Å². The lowest BCUT2D eigenvalue weighted by atomic mass is 9.95. The van der Waals surface area contributed by atoms with E-state index in [0.717, 1.165) is 4.57 Å². The largest absolute Gasteiger partial charge is 0.506 e. The fourth-order valence-corrected chi connectivity index (χ4v) is 4.07. The predicted molar refractivity (Wildman–Crippen MR) is 123 cm³/mol. The average Bonchev–Trinajstić information content (AvgIpc) is 3.33. The zero-order chi connectivity index (χ0) is 24.0. The molecule has 0 radical (unpaired) electrons. The van der Waals surface area contributed by atoms with Crippen molar-refractivity contribution in [2.24, 2.45) is 0 Å². The number of hydrogen-bond donors (Lipinski definition) is 2. The topological polar surface area (TPSA) is 108 Å². The van der Waals surface area contributed by atoms with Gasteiger partial charge < -0.3 is 15.6 Å². The summed E-state index contributed by atoms with van der Waals surface area (Å²) in [5.74, 6) is -1.21. The number of aryl methyl sites for hydroxylation is 1. The molecule has 0 aliphatic rings. The quantitative estimate of drug-likeness (QED) is 0.442. The molecule has 3 N–H and O–H groups in total. The van der Waals surface area contributed by atoms with E-state index < -0.39 is 17.6 Å². The van der Waals surface area contributed by atoms with Gasteiger partial charge in [-0.05, 0) is 32.9 Å². The van der Waals surface area contributed by atoms with Crippen LogP contribution in [0.2, 0.25) is 5.02 Å². The third kappa shape index (κ3) is 3.89. The number of anilines is 1. The minimum atomic E-state index is -0.904. The van der Waals surface area contributed by atoms with Gasteiger partial charge in [0.2, 0.25) is 0 Å². The molecule has 4 aromatic rings. The fourth-order valence-electron chi connectivity index (χ4n) is 3.86. The summed E-state index contributed by atoms with van der Waals surface area (Å²) in [6, 6.07) is 2.77. The van der Waals surface area contributed by atoms with Gasteiger partial charge in [0.15, 0.2) is 5.82 Å². The molecule has 8 nitrogen and oxygen atoms in total. The third-order valence-corrected chi connectivity index (χ3v) is 5.59. The minimum Gasteiger partial charge on any atom is -0.506 e. The Bertz CT molecular complexity index is 1380. The molecular formula is C23H23ClFN5O3. The molecule has 172 valence electrons. The summed E-state index contributed by atoms with van der Waals surface area (Å²) in [6.45, 7) is 7.23. The van der Waals surface area contributed by atoms with Gasteiger partial charge in [0.05, 0.1) is 23.0 Å². The number of aromatic hydroxyl groups is 1. The van der Waals surface area contributed by atoms with E-state index in [2.05, 4.69) is 9.97 Å². The number of benzene rings is 1. The lowest BCUT2D eigenvalue weighted by Crippen LogP contribution is -2.19. The van der Waals surface area contributed by atoms with Crippen LogP contribution in [0.25, 0.3) is 5.52 Å². The number of nitrogen functional groups attached to an aromatic ring is 1. The molecule has 3 heterocycles. The van der Waals surface area contributed by atoms with Crippen LogP contribution in [0.1, 0.15) is 54.1 Å². The van der Waals surface area contributed by atoms with E-state index in [1.807, 2.05) is 18.2 Å². The highest BCUT2D eigenvalue weighted by Gasteiger charge is 2.30. The summed E-state index contributed by atoms with van der Waals surface area (Å²) >= 11 is 6.25. The summed E-state index contributed by atoms with van der Waals surface area (Å²) in [5.41, 5.74) is 7.55. The molecule has 1 unspecified atom stereocenters. The van der Waals surface area contributed by atoms with E-state index >= 15 is 4.39 Å². The third-order valence-electron chi connectivity index (χ3n) is 5.32. The van der Waals surface area contributed by atoms with Crippen molar-refractivity contribution in [3.8, 4) is 11.5 Å². The van der Waals surface area contributed by atoms with E-state index in [-0.39, 0.29) is 28.2 Å². The van der Waals surface area contributed by atoms with Crippen LogP contribution in [-0.2, 0) is 0 Å². The van der Waals surface area contributed by atoms with E-state index in [1.165, 1.54) is 24.5 Å². The number of imidazole rings is 1. The number of hydrogen-bond acceptors (Lipinski definition) is 6. The highest BCUT2D eigenvalue weighted by atomic mass is 35.5. The van der Waals surface area contributed by atoms with Gasteiger partial charge in [-0.1, -0.05) is 18.5 Å². The SMILES string of the molecule is Cc1nc(C(C)c2cc(Cl)c(F)c(C(=O)n3ccc(O)c3)c2OC(C)C)n2ccnc(N)c12. The Morgan fingerprint density at radius 2 is 2.03 bits per heavy atom. The Morgan fingerprint density at radius 1 is 1.30 bits per heavy atom. The van der Waals surface area contributed by atoms with Crippen molar-refractivity contribution in [3.05, 3.63) is 70.4 Å². The average molecular weight is 472 g/mol. The van der Waals surface area contributed by atoms with Crippen LogP contribution in [0.3, 0.4) is 0 Å². The molecule has 0 spiro atoms. The van der Waals surface area contributed by atoms with Crippen molar-refractivity contribution in [1.82, 2.24) is 18.9 Å². The van der Waals surface area contributed by atoms with E-state index in [4.69, 9.17) is 22.1 Å². The number of nitrogens with two attached hydrogens (primary N) is 1. The number of rotatable bonds is 5. The smallest absolute Gasteiger partial charge is 0.268 e. The van der Waals surface area contributed by atoms with Gasteiger partial charge in [-0.15, -0.1) is 0 Å². The molecule has 0 bridgehead atoms. The zero-order valence-electron chi connectivity index (χ0n) is 18.5. The number of fused-ring (bicyclic) bond motifs is 1. The molecule has 33 heavy (non-hydrogen) atoms. The minimum absolute atomic E-state index is 0.0639. The van der Waals surface area contributed by atoms with Gasteiger partial charge in [-0.2, -0.15) is 0 Å². The molecule has 0 aliphatic heterocycles. The van der Waals surface area contributed by atoms with Gasteiger partial charge in [0, 0.05) is 30.1 Å². The molecular weight excluding hydrogens is 449 g/mol. The highest BCUT2D eigenvalue weighted by molar-refractivity contribution is 6.31. The summed E-state index contributed by atoms with van der Waals surface area (Å²) in [6.07, 6.45) is 5.46. The Kier molecular flexibility index (Phi) is 5.75. The molecule has 1 aromatic carbocycles. The maximum atomic E-state index is 15.3. The van der Waals surface area contributed by atoms with Crippen LogP contribution in [0.5, 0.6) is 11.5 Å². The Morgan fingerprint density at radius 3 is 2.67 bits per heavy atom. The number of ether oxygens (including phenoxy) is 1. The monoisotopic (exact) mass is 471 g/mol. The maximum absolute atomic E-state index is 15.3. The van der Waals surface area contributed by atoms with Crippen LogP contribution in [0.4, 0.5) is 10.2 Å². The molecule has 0 fully saturated rings. The zero-order valence-corrected chi connectivity index (χ0v) is 19.3. The number of carbonyl (C=O) groups is 1. The van der Waals surface area contributed by atoms with Crippen molar-refractivity contribution in [1.29, 1.82) is 0 Å². The normalized spacial score (nSPS) is 12.5. The van der Waals surface area contributed by atoms with Crippen LogP contribution >= 0.6 is 11.6 Å². The number of carbonyl (C=O) groups excluding carboxylic acids is 1. The molecule has 0 amide bonds.